The van der Waals surface area contributed by atoms with E-state index < -0.39 is 33.3 Å². The summed E-state index contributed by atoms with van der Waals surface area (Å²) in [5, 5.41) is 23.6. The number of rotatable bonds is 7. The average Bonchev–Trinajstić information content (AvgIpc) is 3.56. The summed E-state index contributed by atoms with van der Waals surface area (Å²) in [5.41, 5.74) is 0.349. The summed E-state index contributed by atoms with van der Waals surface area (Å²) in [7, 11) is -3.74. The Bertz CT molecular complexity index is 1840. The van der Waals surface area contributed by atoms with E-state index in [1.807, 2.05) is 30.3 Å². The number of halogens is 1. The molecule has 1 aliphatic rings. The summed E-state index contributed by atoms with van der Waals surface area (Å²) in [6.45, 7) is -0.571. The largest absolute Gasteiger partial charge is 0.423 e. The molecule has 4 heterocycles. The maximum atomic E-state index is 15.7. The number of benzene rings is 2. The molecule has 0 aliphatic carbocycles. The third-order valence-corrected chi connectivity index (χ3v) is 7.33. The van der Waals surface area contributed by atoms with Crippen LogP contribution in [0.15, 0.2) is 64.3 Å². The van der Waals surface area contributed by atoms with Gasteiger partial charge in [-0.1, -0.05) is 30.3 Å². The van der Waals surface area contributed by atoms with Crippen LogP contribution in [0.1, 0.15) is 11.6 Å². The minimum Gasteiger partial charge on any atom is -0.423 e. The van der Waals surface area contributed by atoms with Gasteiger partial charge in [-0.3, -0.25) is 9.48 Å². The predicted molar refractivity (Wildman–Crippen MR) is 137 cm³/mol. The van der Waals surface area contributed by atoms with E-state index in [9.17, 15) is 18.3 Å². The lowest BCUT2D eigenvalue weighted by molar-refractivity contribution is 0.276. The van der Waals surface area contributed by atoms with Crippen LogP contribution in [-0.2, 0) is 22.6 Å². The molecule has 16 heteroatoms. The van der Waals surface area contributed by atoms with Crippen LogP contribution in [-0.4, -0.2) is 49.7 Å². The third kappa shape index (κ3) is 4.49. The van der Waals surface area contributed by atoms with Gasteiger partial charge >= 0.3 is 0 Å². The van der Waals surface area contributed by atoms with Gasteiger partial charge in [-0.15, -0.1) is 10.2 Å². The summed E-state index contributed by atoms with van der Waals surface area (Å²) in [6, 6.07) is 11.4. The Balaban J connectivity index is 1.40. The minimum atomic E-state index is -3.74. The van der Waals surface area contributed by atoms with E-state index in [-0.39, 0.29) is 47.5 Å². The number of sulfonamides is 1. The van der Waals surface area contributed by atoms with Crippen LogP contribution in [0.25, 0.3) is 22.4 Å². The molecule has 0 fully saturated rings. The molecule has 6 rings (SSSR count). The van der Waals surface area contributed by atoms with Crippen LogP contribution in [0, 0.1) is 5.82 Å². The molecule has 3 aromatic heterocycles. The fourth-order valence-electron chi connectivity index (χ4n) is 4.32. The number of nitrogens with zero attached hydrogens (tertiary/aromatic N) is 6. The molecule has 0 bridgehead atoms. The van der Waals surface area contributed by atoms with Crippen LogP contribution in [0.4, 0.5) is 21.8 Å². The molecule has 14 nitrogen and oxygen atoms in total. The number of nitrogens with one attached hydrogen (secondary N) is 3. The van der Waals surface area contributed by atoms with E-state index >= 15 is 4.39 Å². The predicted octanol–water partition coefficient (Wildman–Crippen LogP) is 1.52. The molecule has 5 aromatic rings. The second kappa shape index (κ2) is 9.57. The minimum absolute atomic E-state index is 0.0283. The van der Waals surface area contributed by atoms with Crippen LogP contribution < -0.4 is 20.9 Å². The highest BCUT2D eigenvalue weighted by atomic mass is 32.2. The normalized spacial score (nSPS) is 15.1. The van der Waals surface area contributed by atoms with Gasteiger partial charge in [0.15, 0.2) is 11.7 Å². The number of aliphatic hydroxyl groups excluding tert-OH is 1. The molecule has 0 saturated carbocycles. The average molecular weight is 554 g/mol. The van der Waals surface area contributed by atoms with Gasteiger partial charge < -0.3 is 20.2 Å². The van der Waals surface area contributed by atoms with Crippen LogP contribution in [0.2, 0.25) is 0 Å². The Morgan fingerprint density at radius 3 is 2.74 bits per heavy atom. The fraction of sp³-hybridized carbons (Fsp3) is 0.174. The molecule has 4 N–H and O–H groups in total. The maximum Gasteiger partial charge on any atom is 0.275 e. The number of hydrogen-bond donors (Lipinski definition) is 4. The first-order valence-electron chi connectivity index (χ1n) is 11.6. The van der Waals surface area contributed by atoms with E-state index in [4.69, 9.17) is 4.42 Å². The van der Waals surface area contributed by atoms with Gasteiger partial charge in [0.25, 0.3) is 11.4 Å². The molecule has 0 unspecified atom stereocenters. The molecule has 0 amide bonds. The highest BCUT2D eigenvalue weighted by molar-refractivity contribution is 7.88. The number of anilines is 3. The fourth-order valence-corrected chi connectivity index (χ4v) is 5.32. The monoisotopic (exact) mass is 553 g/mol. The number of aliphatic hydroxyl groups is 1. The highest BCUT2D eigenvalue weighted by Crippen LogP contribution is 2.31. The maximum absolute atomic E-state index is 15.7. The molecule has 1 aliphatic heterocycles. The van der Waals surface area contributed by atoms with E-state index in [2.05, 4.69) is 35.5 Å². The molecule has 200 valence electrons. The van der Waals surface area contributed by atoms with Crippen molar-refractivity contribution in [2.24, 2.45) is 0 Å². The van der Waals surface area contributed by atoms with E-state index in [1.54, 1.807) is 0 Å². The van der Waals surface area contributed by atoms with E-state index in [0.717, 1.165) is 21.3 Å². The quantitative estimate of drug-likeness (QED) is 0.229. The summed E-state index contributed by atoms with van der Waals surface area (Å²) in [6.07, 6.45) is 2.54. The molecule has 39 heavy (non-hydrogen) atoms. The molecule has 0 radical (unpaired) electrons. The van der Waals surface area contributed by atoms with Crippen molar-refractivity contribution < 1.29 is 22.3 Å². The van der Waals surface area contributed by atoms with Gasteiger partial charge in [-0.2, -0.15) is 9.71 Å². The lowest BCUT2D eigenvalue weighted by Crippen LogP contribution is -2.42. The summed E-state index contributed by atoms with van der Waals surface area (Å²) < 4.78 is 49.7. The Morgan fingerprint density at radius 2 is 2.00 bits per heavy atom. The van der Waals surface area contributed by atoms with Crippen LogP contribution in [0.3, 0.4) is 0 Å². The van der Waals surface area contributed by atoms with Gasteiger partial charge in [0.1, 0.15) is 18.0 Å². The van der Waals surface area contributed by atoms with E-state index in [0.29, 0.717) is 5.56 Å². The smallest absolute Gasteiger partial charge is 0.275 e. The number of aromatic nitrogens is 6. The lowest BCUT2D eigenvalue weighted by atomic mass is 10.1. The van der Waals surface area contributed by atoms with E-state index in [1.165, 1.54) is 18.3 Å². The molecule has 0 spiro atoms. The standard InChI is InChI=1S/C23H20FN9O5S/c24-18-16(7-6-14-19(18)33-12-39(36,37)27-10-32(33)22(14)35)29-23-25-8-15(21-31-26-11-38-21)20(30-23)28-17(9-34)13-4-2-1-3-5-13/h1-8,11,17,27,34H,9-10,12H2,(H2,25,28,29,30)/t17-/m1/s1. The van der Waals surface area contributed by atoms with Gasteiger partial charge in [0.2, 0.25) is 22.4 Å². The first-order chi connectivity index (χ1) is 18.8. The Labute approximate surface area is 219 Å². The highest BCUT2D eigenvalue weighted by Gasteiger charge is 2.27. The summed E-state index contributed by atoms with van der Waals surface area (Å²) in [4.78, 5) is 21.4. The second-order valence-corrected chi connectivity index (χ2v) is 10.4. The SMILES string of the molecule is O=c1c2ccc(Nc3ncc(-c4nnco4)c(N[C@H](CO)c4ccccc4)n3)c(F)c2n2n1CNS(=O)(=O)C2. The summed E-state index contributed by atoms with van der Waals surface area (Å²) in [5.74, 6) is -1.15. The van der Waals surface area contributed by atoms with Crippen LogP contribution >= 0.6 is 0 Å². The topological polar surface area (TPSA) is 182 Å². The zero-order valence-corrected chi connectivity index (χ0v) is 20.8. The zero-order chi connectivity index (χ0) is 27.1. The van der Waals surface area contributed by atoms with Crippen molar-refractivity contribution in [1.82, 2.24) is 34.3 Å². The molecular weight excluding hydrogens is 533 g/mol. The van der Waals surface area contributed by atoms with Gasteiger partial charge in [0.05, 0.1) is 29.3 Å². The first kappa shape index (κ1) is 24.7. The van der Waals surface area contributed by atoms with Gasteiger partial charge in [-0.05, 0) is 17.7 Å². The van der Waals surface area contributed by atoms with Crippen molar-refractivity contribution in [3.8, 4) is 11.5 Å². The molecule has 0 saturated heterocycles. The van der Waals surface area contributed by atoms with Crippen molar-refractivity contribution in [1.29, 1.82) is 0 Å². The Morgan fingerprint density at radius 1 is 1.18 bits per heavy atom. The van der Waals surface area contributed by atoms with Crippen molar-refractivity contribution in [3.63, 3.8) is 0 Å². The van der Waals surface area contributed by atoms with Crippen molar-refractivity contribution >= 4 is 38.4 Å². The number of hydrogen-bond acceptors (Lipinski definition) is 11. The molecular formula is C23H20FN9O5S. The number of fused-ring (bicyclic) bond motifs is 3. The van der Waals surface area contributed by atoms with Crippen LogP contribution in [0.5, 0.6) is 0 Å². The van der Waals surface area contributed by atoms with Crippen molar-refractivity contribution in [2.75, 3.05) is 17.2 Å². The second-order valence-electron chi connectivity index (χ2n) is 8.59. The molecule has 2 aromatic carbocycles. The zero-order valence-electron chi connectivity index (χ0n) is 19.9. The summed E-state index contributed by atoms with van der Waals surface area (Å²) >= 11 is 0. The van der Waals surface area contributed by atoms with Crippen molar-refractivity contribution in [3.05, 3.63) is 76.8 Å². The van der Waals surface area contributed by atoms with Gasteiger partial charge in [0, 0.05) is 6.20 Å². The Kier molecular flexibility index (Phi) is 6.05. The lowest BCUT2D eigenvalue weighted by Gasteiger charge is -2.20. The molecule has 1 atom stereocenters. The third-order valence-electron chi connectivity index (χ3n) is 6.18. The Hall–Kier alpha value is -4.67. The first-order valence-corrected chi connectivity index (χ1v) is 13.2. The van der Waals surface area contributed by atoms with Gasteiger partial charge in [-0.25, -0.2) is 22.5 Å². The van der Waals surface area contributed by atoms with Crippen molar-refractivity contribution in [2.45, 2.75) is 18.6 Å².